The molecule has 0 aliphatic heterocycles. The van der Waals surface area contributed by atoms with E-state index >= 15 is 0 Å². The monoisotopic (exact) mass is 559 g/mol. The molecule has 0 radical (unpaired) electrons. The van der Waals surface area contributed by atoms with E-state index in [9.17, 15) is 17.6 Å². The molecule has 0 saturated heterocycles. The molecule has 2 aromatic carbocycles. The third kappa shape index (κ3) is 7.03. The fourth-order valence-corrected chi connectivity index (χ4v) is 5.00. The number of nitrogens with two attached hydrogens (primary N) is 1. The van der Waals surface area contributed by atoms with Crippen LogP contribution in [-0.4, -0.2) is 33.8 Å². The Morgan fingerprint density at radius 3 is 2.55 bits per heavy atom. The summed E-state index contributed by atoms with van der Waals surface area (Å²) in [7, 11) is -3.80. The average molecular weight is 560 g/mol. The summed E-state index contributed by atoms with van der Waals surface area (Å²) in [4.78, 5) is 24.6. The minimum absolute atomic E-state index is 0.0611. The number of aryl methyl sites for hydroxylation is 1. The lowest BCUT2D eigenvalue weighted by molar-refractivity contribution is -0.121. The number of hydrogen-bond donors (Lipinski definition) is 3. The van der Waals surface area contributed by atoms with Crippen LogP contribution in [0.3, 0.4) is 0 Å². The standard InChI is InChI=1S/C25H27ClFN7O3S/c26-25-32-23(28)22-24(33-25)34(16-30-22)13-5-1-2-8-21(35)29-14-17-9-11-19(12-10-17)38(36,37)31-15-18-6-3-4-7-20(18)27/h3-4,6-7,9-12,16,31H,1-2,5,8,13-15H2,(H,29,35)(H2,28,32,33). The van der Waals surface area contributed by atoms with Gasteiger partial charge >= 0.3 is 0 Å². The predicted octanol–water partition coefficient (Wildman–Crippen LogP) is 3.56. The summed E-state index contributed by atoms with van der Waals surface area (Å²) < 4.78 is 43.0. The van der Waals surface area contributed by atoms with Crippen molar-refractivity contribution in [2.45, 2.75) is 50.2 Å². The molecular weight excluding hydrogens is 533 g/mol. The van der Waals surface area contributed by atoms with E-state index in [0.29, 0.717) is 30.6 Å². The normalized spacial score (nSPS) is 11.6. The molecule has 4 N–H and O–H groups in total. The maximum atomic E-state index is 13.7. The molecule has 0 fully saturated rings. The van der Waals surface area contributed by atoms with Gasteiger partial charge in [0.2, 0.25) is 21.2 Å². The number of carbonyl (C=O) groups is 1. The van der Waals surface area contributed by atoms with Gasteiger partial charge in [-0.25, -0.2) is 22.5 Å². The number of nitrogens with zero attached hydrogens (tertiary/aromatic N) is 4. The van der Waals surface area contributed by atoms with Crippen LogP contribution < -0.4 is 15.8 Å². The first-order chi connectivity index (χ1) is 18.2. The molecule has 0 atom stereocenters. The van der Waals surface area contributed by atoms with E-state index in [2.05, 4.69) is 25.0 Å². The Bertz CT molecular complexity index is 1530. The molecule has 0 spiro atoms. The zero-order valence-electron chi connectivity index (χ0n) is 20.4. The van der Waals surface area contributed by atoms with Crippen molar-refractivity contribution in [3.8, 4) is 0 Å². The summed E-state index contributed by atoms with van der Waals surface area (Å²) in [5.74, 6) is -0.323. The number of imidazole rings is 1. The highest BCUT2D eigenvalue weighted by molar-refractivity contribution is 7.89. The van der Waals surface area contributed by atoms with E-state index in [4.69, 9.17) is 17.3 Å². The van der Waals surface area contributed by atoms with Gasteiger partial charge in [0.1, 0.15) is 11.3 Å². The molecule has 0 unspecified atom stereocenters. The van der Waals surface area contributed by atoms with Crippen LogP contribution in [0.2, 0.25) is 5.28 Å². The molecule has 2 heterocycles. The second kappa shape index (κ2) is 12.3. The second-order valence-corrected chi connectivity index (χ2v) is 10.7. The summed E-state index contributed by atoms with van der Waals surface area (Å²) in [6, 6.07) is 12.2. The van der Waals surface area contributed by atoms with Crippen LogP contribution in [0.4, 0.5) is 10.2 Å². The summed E-state index contributed by atoms with van der Waals surface area (Å²) in [6.07, 6.45) is 4.38. The Morgan fingerprint density at radius 1 is 1.03 bits per heavy atom. The zero-order valence-corrected chi connectivity index (χ0v) is 22.0. The topological polar surface area (TPSA) is 145 Å². The number of unbranched alkanes of at least 4 members (excludes halogenated alkanes) is 2. The van der Waals surface area contributed by atoms with Crippen LogP contribution >= 0.6 is 11.6 Å². The predicted molar refractivity (Wildman–Crippen MR) is 142 cm³/mol. The first-order valence-corrected chi connectivity index (χ1v) is 13.8. The SMILES string of the molecule is Nc1nc(Cl)nc2c1ncn2CCCCCC(=O)NCc1ccc(S(=O)(=O)NCc2ccccc2F)cc1. The van der Waals surface area contributed by atoms with E-state index in [0.717, 1.165) is 18.4 Å². The maximum absolute atomic E-state index is 13.7. The Labute approximate surface area is 224 Å². The number of rotatable bonds is 12. The van der Waals surface area contributed by atoms with E-state index in [1.165, 1.54) is 24.3 Å². The summed E-state index contributed by atoms with van der Waals surface area (Å²) in [6.45, 7) is 0.795. The van der Waals surface area contributed by atoms with Crippen LogP contribution in [0.15, 0.2) is 59.8 Å². The van der Waals surface area contributed by atoms with Gasteiger partial charge in [-0.3, -0.25) is 4.79 Å². The van der Waals surface area contributed by atoms with Gasteiger partial charge in [0.25, 0.3) is 0 Å². The minimum Gasteiger partial charge on any atom is -0.382 e. The molecular formula is C25H27ClFN7O3S. The number of aromatic nitrogens is 4. The van der Waals surface area contributed by atoms with Gasteiger partial charge in [-0.15, -0.1) is 0 Å². The molecule has 0 aliphatic rings. The number of amides is 1. The van der Waals surface area contributed by atoms with Crippen molar-refractivity contribution >= 4 is 44.5 Å². The van der Waals surface area contributed by atoms with Gasteiger partial charge in [-0.2, -0.15) is 9.97 Å². The zero-order chi connectivity index (χ0) is 27.1. The van der Waals surface area contributed by atoms with Crippen LogP contribution in [0, 0.1) is 5.82 Å². The highest BCUT2D eigenvalue weighted by Crippen LogP contribution is 2.19. The van der Waals surface area contributed by atoms with Crippen molar-refractivity contribution in [1.29, 1.82) is 0 Å². The fourth-order valence-electron chi connectivity index (χ4n) is 3.82. The van der Waals surface area contributed by atoms with Crippen LogP contribution in [0.1, 0.15) is 36.8 Å². The first kappa shape index (κ1) is 27.4. The second-order valence-electron chi connectivity index (χ2n) is 8.64. The Hall–Kier alpha value is -3.61. The lowest BCUT2D eigenvalue weighted by Gasteiger charge is -2.09. The first-order valence-electron chi connectivity index (χ1n) is 12.0. The van der Waals surface area contributed by atoms with Gasteiger partial charge in [0, 0.05) is 31.6 Å². The van der Waals surface area contributed by atoms with E-state index in [1.807, 2.05) is 4.57 Å². The largest absolute Gasteiger partial charge is 0.382 e. The van der Waals surface area contributed by atoms with Gasteiger partial charge in [0.15, 0.2) is 11.5 Å². The molecule has 200 valence electrons. The van der Waals surface area contributed by atoms with Crippen molar-refractivity contribution in [2.24, 2.45) is 0 Å². The third-order valence-electron chi connectivity index (χ3n) is 5.90. The third-order valence-corrected chi connectivity index (χ3v) is 7.49. The molecule has 10 nitrogen and oxygen atoms in total. The van der Waals surface area contributed by atoms with Crippen molar-refractivity contribution in [2.75, 3.05) is 5.73 Å². The van der Waals surface area contributed by atoms with E-state index in [1.54, 1.807) is 30.6 Å². The number of nitrogen functional groups attached to an aromatic ring is 1. The summed E-state index contributed by atoms with van der Waals surface area (Å²) >= 11 is 5.88. The molecule has 0 aliphatic carbocycles. The molecule has 0 saturated carbocycles. The lowest BCUT2D eigenvalue weighted by atomic mass is 10.1. The summed E-state index contributed by atoms with van der Waals surface area (Å²) in [5.41, 5.74) is 7.93. The van der Waals surface area contributed by atoms with E-state index < -0.39 is 15.8 Å². The number of sulfonamides is 1. The van der Waals surface area contributed by atoms with Crippen molar-refractivity contribution in [3.63, 3.8) is 0 Å². The van der Waals surface area contributed by atoms with Crippen LogP contribution in [0.25, 0.3) is 11.2 Å². The number of carbonyl (C=O) groups excluding carboxylic acids is 1. The van der Waals surface area contributed by atoms with Crippen LogP contribution in [0.5, 0.6) is 0 Å². The molecule has 13 heteroatoms. The number of fused-ring (bicyclic) bond motifs is 1. The number of hydrogen-bond acceptors (Lipinski definition) is 7. The average Bonchev–Trinajstić information content (AvgIpc) is 3.30. The smallest absolute Gasteiger partial charge is 0.240 e. The molecule has 0 bridgehead atoms. The maximum Gasteiger partial charge on any atom is 0.240 e. The summed E-state index contributed by atoms with van der Waals surface area (Å²) in [5, 5.41) is 2.92. The van der Waals surface area contributed by atoms with Crippen molar-refractivity contribution in [1.82, 2.24) is 29.6 Å². The molecule has 4 aromatic rings. The number of benzene rings is 2. The van der Waals surface area contributed by atoms with Gasteiger partial charge in [-0.1, -0.05) is 36.8 Å². The Morgan fingerprint density at radius 2 is 1.79 bits per heavy atom. The highest BCUT2D eigenvalue weighted by Gasteiger charge is 2.15. The molecule has 4 rings (SSSR count). The minimum atomic E-state index is -3.80. The van der Waals surface area contributed by atoms with Crippen molar-refractivity contribution < 1.29 is 17.6 Å². The van der Waals surface area contributed by atoms with Gasteiger partial charge < -0.3 is 15.6 Å². The molecule has 38 heavy (non-hydrogen) atoms. The Kier molecular flexibility index (Phi) is 8.87. The Balaban J connectivity index is 1.17. The molecule has 1 amide bonds. The molecule has 2 aromatic heterocycles. The highest BCUT2D eigenvalue weighted by atomic mass is 35.5. The van der Waals surface area contributed by atoms with E-state index in [-0.39, 0.29) is 40.6 Å². The van der Waals surface area contributed by atoms with Gasteiger partial charge in [0.05, 0.1) is 11.2 Å². The van der Waals surface area contributed by atoms with Gasteiger partial charge in [-0.05, 0) is 48.2 Å². The van der Waals surface area contributed by atoms with Crippen LogP contribution in [-0.2, 0) is 34.5 Å². The lowest BCUT2D eigenvalue weighted by Crippen LogP contribution is -2.24. The number of anilines is 1. The quantitative estimate of drug-likeness (QED) is 0.178. The van der Waals surface area contributed by atoms with Crippen molar-refractivity contribution in [3.05, 3.63) is 77.1 Å². The fraction of sp³-hybridized carbons (Fsp3) is 0.280. The number of halogens is 2. The number of nitrogens with one attached hydrogen (secondary N) is 2.